The molecule has 2 heteroatoms. The first kappa shape index (κ1) is 15.0. The first-order chi connectivity index (χ1) is 11.2. The van der Waals surface area contributed by atoms with E-state index in [1.165, 1.54) is 0 Å². The lowest BCUT2D eigenvalue weighted by atomic mass is 10.0. The number of aryl methyl sites for hydroxylation is 1. The van der Waals surface area contributed by atoms with Crippen LogP contribution in [-0.4, -0.2) is 5.78 Å². The molecule has 0 aromatic heterocycles. The van der Waals surface area contributed by atoms with Gasteiger partial charge in [-0.1, -0.05) is 60.2 Å². The van der Waals surface area contributed by atoms with Crippen molar-refractivity contribution in [1.29, 1.82) is 0 Å². The van der Waals surface area contributed by atoms with Crippen LogP contribution in [0.4, 0.5) is 0 Å². The summed E-state index contributed by atoms with van der Waals surface area (Å²) in [5.41, 5.74) is 3.63. The van der Waals surface area contributed by atoms with Gasteiger partial charge in [-0.15, -0.1) is 0 Å². The van der Waals surface area contributed by atoms with Crippen LogP contribution in [0.1, 0.15) is 27.0 Å². The Labute approximate surface area is 136 Å². The molecule has 0 unspecified atom stereocenters. The van der Waals surface area contributed by atoms with Crippen molar-refractivity contribution in [2.45, 2.75) is 13.5 Å². The highest BCUT2D eigenvalue weighted by molar-refractivity contribution is 6.09. The fourth-order valence-corrected chi connectivity index (χ4v) is 2.32. The summed E-state index contributed by atoms with van der Waals surface area (Å²) in [7, 11) is 0. The molecule has 3 rings (SSSR count). The van der Waals surface area contributed by atoms with Crippen LogP contribution in [0.5, 0.6) is 5.75 Å². The Balaban J connectivity index is 1.67. The number of ketones is 1. The minimum Gasteiger partial charge on any atom is -0.489 e. The zero-order valence-electron chi connectivity index (χ0n) is 13.0. The number of hydrogen-bond donors (Lipinski definition) is 0. The third-order valence-electron chi connectivity index (χ3n) is 3.68. The monoisotopic (exact) mass is 302 g/mol. The average Bonchev–Trinajstić information content (AvgIpc) is 2.61. The van der Waals surface area contributed by atoms with Crippen LogP contribution in [0, 0.1) is 6.92 Å². The Morgan fingerprint density at radius 2 is 1.35 bits per heavy atom. The van der Waals surface area contributed by atoms with Crippen molar-refractivity contribution < 1.29 is 9.53 Å². The highest BCUT2D eigenvalue weighted by atomic mass is 16.5. The quantitative estimate of drug-likeness (QED) is 0.632. The molecule has 0 aliphatic rings. The van der Waals surface area contributed by atoms with Gasteiger partial charge in [0.15, 0.2) is 5.78 Å². The van der Waals surface area contributed by atoms with Crippen molar-refractivity contribution in [3.05, 3.63) is 101 Å². The van der Waals surface area contributed by atoms with E-state index in [0.29, 0.717) is 17.7 Å². The van der Waals surface area contributed by atoms with Crippen LogP contribution < -0.4 is 4.74 Å². The number of rotatable bonds is 5. The van der Waals surface area contributed by atoms with Crippen molar-refractivity contribution >= 4 is 5.78 Å². The first-order valence-corrected chi connectivity index (χ1v) is 7.60. The fourth-order valence-electron chi connectivity index (χ4n) is 2.32. The van der Waals surface area contributed by atoms with E-state index in [-0.39, 0.29) is 5.78 Å². The predicted molar refractivity (Wildman–Crippen MR) is 91.8 cm³/mol. The highest BCUT2D eigenvalue weighted by Gasteiger charge is 2.08. The molecule has 0 atom stereocenters. The van der Waals surface area contributed by atoms with E-state index in [0.717, 1.165) is 16.9 Å². The maximum atomic E-state index is 12.4. The van der Waals surface area contributed by atoms with E-state index < -0.39 is 0 Å². The maximum Gasteiger partial charge on any atom is 0.193 e. The minimum atomic E-state index is 0.0274. The number of carbonyl (C=O) groups excluding carboxylic acids is 1. The van der Waals surface area contributed by atoms with Gasteiger partial charge in [0.05, 0.1) is 0 Å². The number of benzene rings is 3. The molecule has 0 saturated heterocycles. The van der Waals surface area contributed by atoms with E-state index in [9.17, 15) is 4.79 Å². The maximum absolute atomic E-state index is 12.4. The summed E-state index contributed by atoms with van der Waals surface area (Å²) in [5, 5.41) is 0. The lowest BCUT2D eigenvalue weighted by Gasteiger charge is -2.07. The van der Waals surface area contributed by atoms with Crippen LogP contribution in [0.15, 0.2) is 78.9 Å². The second-order valence-electron chi connectivity index (χ2n) is 5.49. The predicted octanol–water partition coefficient (Wildman–Crippen LogP) is 4.81. The zero-order chi connectivity index (χ0) is 16.1. The molecule has 0 fully saturated rings. The van der Waals surface area contributed by atoms with Gasteiger partial charge in [-0.3, -0.25) is 4.79 Å². The Hall–Kier alpha value is -2.87. The standard InChI is InChI=1S/C21H18O2/c1-16-7-9-18(10-8-16)21(22)19-11-13-20(14-12-19)23-15-17-5-3-2-4-6-17/h2-14H,15H2,1H3. The Morgan fingerprint density at radius 1 is 0.783 bits per heavy atom. The van der Waals surface area contributed by atoms with Crippen LogP contribution in [0.3, 0.4) is 0 Å². The van der Waals surface area contributed by atoms with Crippen molar-refractivity contribution in [3.63, 3.8) is 0 Å². The molecule has 3 aromatic rings. The second kappa shape index (κ2) is 6.93. The molecule has 0 amide bonds. The molecule has 3 aromatic carbocycles. The van der Waals surface area contributed by atoms with Crippen molar-refractivity contribution in [1.82, 2.24) is 0 Å². The average molecular weight is 302 g/mol. The van der Waals surface area contributed by atoms with Gasteiger partial charge in [0, 0.05) is 11.1 Å². The summed E-state index contributed by atoms with van der Waals surface area (Å²) < 4.78 is 5.74. The van der Waals surface area contributed by atoms with Gasteiger partial charge in [0.2, 0.25) is 0 Å². The molecular formula is C21H18O2. The van der Waals surface area contributed by atoms with Gasteiger partial charge in [-0.25, -0.2) is 0 Å². The summed E-state index contributed by atoms with van der Waals surface area (Å²) in [6.07, 6.45) is 0. The molecule has 0 heterocycles. The molecule has 114 valence electrons. The molecule has 23 heavy (non-hydrogen) atoms. The third kappa shape index (κ3) is 3.86. The zero-order valence-corrected chi connectivity index (χ0v) is 13.0. The van der Waals surface area contributed by atoms with Gasteiger partial charge >= 0.3 is 0 Å². The topological polar surface area (TPSA) is 26.3 Å². The lowest BCUT2D eigenvalue weighted by molar-refractivity contribution is 0.103. The SMILES string of the molecule is Cc1ccc(C(=O)c2ccc(OCc3ccccc3)cc2)cc1. The summed E-state index contributed by atoms with van der Waals surface area (Å²) in [5.74, 6) is 0.786. The fraction of sp³-hybridized carbons (Fsp3) is 0.0952. The van der Waals surface area contributed by atoms with E-state index in [2.05, 4.69) is 0 Å². The molecule has 2 nitrogen and oxygen atoms in total. The van der Waals surface area contributed by atoms with E-state index in [4.69, 9.17) is 4.74 Å². The van der Waals surface area contributed by atoms with Gasteiger partial charge in [0.1, 0.15) is 12.4 Å². The Kier molecular flexibility index (Phi) is 4.53. The van der Waals surface area contributed by atoms with Crippen LogP contribution in [-0.2, 0) is 6.61 Å². The molecule has 0 radical (unpaired) electrons. The molecule has 0 saturated carbocycles. The summed E-state index contributed by atoms with van der Waals surface area (Å²) in [6, 6.07) is 24.9. The molecule has 0 aliphatic carbocycles. The van der Waals surface area contributed by atoms with Gasteiger partial charge in [0.25, 0.3) is 0 Å². The van der Waals surface area contributed by atoms with Gasteiger partial charge < -0.3 is 4.74 Å². The van der Waals surface area contributed by atoms with Crippen molar-refractivity contribution in [2.24, 2.45) is 0 Å². The highest BCUT2D eigenvalue weighted by Crippen LogP contribution is 2.17. The second-order valence-corrected chi connectivity index (χ2v) is 5.49. The molecule has 0 N–H and O–H groups in total. The van der Waals surface area contributed by atoms with Gasteiger partial charge in [-0.2, -0.15) is 0 Å². The number of carbonyl (C=O) groups is 1. The molecule has 0 spiro atoms. The number of hydrogen-bond acceptors (Lipinski definition) is 2. The van der Waals surface area contributed by atoms with Crippen LogP contribution in [0.2, 0.25) is 0 Å². The summed E-state index contributed by atoms with van der Waals surface area (Å²) >= 11 is 0. The Morgan fingerprint density at radius 3 is 1.96 bits per heavy atom. The molecule has 0 bridgehead atoms. The third-order valence-corrected chi connectivity index (χ3v) is 3.68. The first-order valence-electron chi connectivity index (χ1n) is 7.60. The number of ether oxygens (including phenoxy) is 1. The molecule has 0 aliphatic heterocycles. The summed E-state index contributed by atoms with van der Waals surface area (Å²) in [6.45, 7) is 2.53. The Bertz CT molecular complexity index is 772. The normalized spacial score (nSPS) is 10.3. The largest absolute Gasteiger partial charge is 0.489 e. The lowest BCUT2D eigenvalue weighted by Crippen LogP contribution is -2.01. The van der Waals surface area contributed by atoms with E-state index in [1.807, 2.05) is 85.8 Å². The van der Waals surface area contributed by atoms with Crippen LogP contribution >= 0.6 is 0 Å². The smallest absolute Gasteiger partial charge is 0.193 e. The van der Waals surface area contributed by atoms with Gasteiger partial charge in [-0.05, 0) is 36.8 Å². The summed E-state index contributed by atoms with van der Waals surface area (Å²) in [4.78, 5) is 12.4. The van der Waals surface area contributed by atoms with Crippen LogP contribution in [0.25, 0.3) is 0 Å². The van der Waals surface area contributed by atoms with Crippen molar-refractivity contribution in [3.8, 4) is 5.75 Å². The molecular weight excluding hydrogens is 284 g/mol. The van der Waals surface area contributed by atoms with E-state index in [1.54, 1.807) is 0 Å². The van der Waals surface area contributed by atoms with E-state index >= 15 is 0 Å². The van der Waals surface area contributed by atoms with Crippen molar-refractivity contribution in [2.75, 3.05) is 0 Å². The minimum absolute atomic E-state index is 0.0274.